The minimum absolute atomic E-state index is 0.0949. The summed E-state index contributed by atoms with van der Waals surface area (Å²) in [6.07, 6.45) is 4.15. The van der Waals surface area contributed by atoms with Gasteiger partial charge in [-0.15, -0.1) is 0 Å². The van der Waals surface area contributed by atoms with Crippen molar-refractivity contribution >= 4 is 5.91 Å². The van der Waals surface area contributed by atoms with Gasteiger partial charge in [0.15, 0.2) is 0 Å². The maximum Gasteiger partial charge on any atom is 0.229 e. The first-order chi connectivity index (χ1) is 10.2. The smallest absolute Gasteiger partial charge is 0.229 e. The van der Waals surface area contributed by atoms with Gasteiger partial charge in [-0.2, -0.15) is 0 Å². The molecule has 1 spiro atoms. The van der Waals surface area contributed by atoms with E-state index < -0.39 is 0 Å². The molecule has 2 heterocycles. The summed E-state index contributed by atoms with van der Waals surface area (Å²) in [4.78, 5) is 15.0. The number of methoxy groups -OCH3 is 1. The van der Waals surface area contributed by atoms with E-state index in [9.17, 15) is 4.79 Å². The maximum atomic E-state index is 12.9. The molecule has 0 aromatic heterocycles. The van der Waals surface area contributed by atoms with E-state index in [1.807, 2.05) is 23.1 Å². The molecule has 2 aliphatic rings. The molecule has 2 fully saturated rings. The first kappa shape index (κ1) is 14.4. The minimum Gasteiger partial charge on any atom is -0.497 e. The van der Waals surface area contributed by atoms with E-state index in [0.29, 0.717) is 12.5 Å². The van der Waals surface area contributed by atoms with E-state index in [1.165, 1.54) is 0 Å². The second-order valence-corrected chi connectivity index (χ2v) is 6.21. The van der Waals surface area contributed by atoms with E-state index in [2.05, 4.69) is 11.4 Å². The lowest BCUT2D eigenvalue weighted by Crippen LogP contribution is -2.52. The largest absolute Gasteiger partial charge is 0.497 e. The van der Waals surface area contributed by atoms with E-state index in [1.54, 1.807) is 7.11 Å². The molecule has 4 heteroatoms. The number of amides is 1. The third-order valence-corrected chi connectivity index (χ3v) is 4.89. The van der Waals surface area contributed by atoms with Crippen LogP contribution >= 0.6 is 0 Å². The number of carbonyl (C=O) groups is 1. The average Bonchev–Trinajstić information content (AvgIpc) is 2.53. The molecular weight excluding hydrogens is 264 g/mol. The quantitative estimate of drug-likeness (QED) is 0.927. The van der Waals surface area contributed by atoms with Crippen molar-refractivity contribution in [1.29, 1.82) is 0 Å². The van der Waals surface area contributed by atoms with Crippen LogP contribution in [0.3, 0.4) is 0 Å². The lowest BCUT2D eigenvalue weighted by molar-refractivity contribution is -0.149. The zero-order chi connectivity index (χ0) is 14.7. The van der Waals surface area contributed by atoms with Crippen molar-refractivity contribution in [2.75, 3.05) is 26.7 Å². The highest BCUT2D eigenvalue weighted by Gasteiger charge is 2.44. The third-order valence-electron chi connectivity index (χ3n) is 4.89. The van der Waals surface area contributed by atoms with Crippen LogP contribution < -0.4 is 10.1 Å². The van der Waals surface area contributed by atoms with Gasteiger partial charge < -0.3 is 15.0 Å². The Labute approximate surface area is 126 Å². The summed E-state index contributed by atoms with van der Waals surface area (Å²) in [6.45, 7) is 3.52. The average molecular weight is 288 g/mol. The van der Waals surface area contributed by atoms with Gasteiger partial charge in [0, 0.05) is 13.1 Å². The SMILES string of the molecule is COc1cccc(CN2CCCC3(CCNCC3)C2=O)c1. The predicted molar refractivity (Wildman–Crippen MR) is 82.2 cm³/mol. The Morgan fingerprint density at radius 1 is 1.29 bits per heavy atom. The maximum absolute atomic E-state index is 12.9. The van der Waals surface area contributed by atoms with Gasteiger partial charge in [0.05, 0.1) is 12.5 Å². The number of rotatable bonds is 3. The third kappa shape index (κ3) is 2.91. The van der Waals surface area contributed by atoms with Crippen LogP contribution in [-0.2, 0) is 11.3 Å². The van der Waals surface area contributed by atoms with Crippen molar-refractivity contribution in [2.24, 2.45) is 5.41 Å². The lowest BCUT2D eigenvalue weighted by Gasteiger charge is -2.44. The first-order valence-corrected chi connectivity index (χ1v) is 7.87. The number of carbonyl (C=O) groups excluding carboxylic acids is 1. The topological polar surface area (TPSA) is 41.6 Å². The van der Waals surface area contributed by atoms with Crippen molar-refractivity contribution < 1.29 is 9.53 Å². The Kier molecular flexibility index (Phi) is 4.15. The molecule has 0 atom stereocenters. The van der Waals surface area contributed by atoms with Crippen molar-refractivity contribution in [3.8, 4) is 5.75 Å². The van der Waals surface area contributed by atoms with Crippen molar-refractivity contribution in [3.05, 3.63) is 29.8 Å². The van der Waals surface area contributed by atoms with Crippen LogP contribution in [0.2, 0.25) is 0 Å². The number of hydrogen-bond acceptors (Lipinski definition) is 3. The predicted octanol–water partition coefficient (Wildman–Crippen LogP) is 2.19. The Balaban J connectivity index is 1.74. The van der Waals surface area contributed by atoms with Gasteiger partial charge in [-0.1, -0.05) is 12.1 Å². The fraction of sp³-hybridized carbons (Fsp3) is 0.588. The molecule has 21 heavy (non-hydrogen) atoms. The Morgan fingerprint density at radius 2 is 2.10 bits per heavy atom. The van der Waals surface area contributed by atoms with Crippen molar-refractivity contribution in [3.63, 3.8) is 0 Å². The van der Waals surface area contributed by atoms with Gasteiger partial charge >= 0.3 is 0 Å². The molecular formula is C17H24N2O2. The highest BCUT2D eigenvalue weighted by molar-refractivity contribution is 5.83. The Bertz CT molecular complexity index is 504. The number of hydrogen-bond donors (Lipinski definition) is 1. The number of nitrogens with zero attached hydrogens (tertiary/aromatic N) is 1. The van der Waals surface area contributed by atoms with Gasteiger partial charge in [0.1, 0.15) is 5.75 Å². The highest BCUT2D eigenvalue weighted by atomic mass is 16.5. The first-order valence-electron chi connectivity index (χ1n) is 7.87. The number of nitrogens with one attached hydrogen (secondary N) is 1. The molecule has 2 saturated heterocycles. The summed E-state index contributed by atoms with van der Waals surface area (Å²) >= 11 is 0. The van der Waals surface area contributed by atoms with E-state index >= 15 is 0 Å². The Morgan fingerprint density at radius 3 is 2.86 bits per heavy atom. The van der Waals surface area contributed by atoms with Crippen LogP contribution in [0.1, 0.15) is 31.2 Å². The number of ether oxygens (including phenoxy) is 1. The van der Waals surface area contributed by atoms with Gasteiger partial charge in [-0.05, 0) is 56.5 Å². The van der Waals surface area contributed by atoms with Crippen molar-refractivity contribution in [2.45, 2.75) is 32.2 Å². The molecule has 0 bridgehead atoms. The standard InChI is InChI=1S/C17H24N2O2/c1-21-15-5-2-4-14(12-15)13-19-11-3-6-17(16(19)20)7-9-18-10-8-17/h2,4-5,12,18H,3,6-11,13H2,1H3. The summed E-state index contributed by atoms with van der Waals surface area (Å²) in [5.74, 6) is 1.21. The molecule has 2 aliphatic heterocycles. The van der Waals surface area contributed by atoms with E-state index in [4.69, 9.17) is 4.74 Å². The van der Waals surface area contributed by atoms with Gasteiger partial charge in [0.2, 0.25) is 5.91 Å². The van der Waals surface area contributed by atoms with Gasteiger partial charge in [-0.3, -0.25) is 4.79 Å². The molecule has 1 N–H and O–H groups in total. The number of piperidine rings is 2. The van der Waals surface area contributed by atoms with Gasteiger partial charge in [-0.25, -0.2) is 0 Å². The van der Waals surface area contributed by atoms with E-state index in [-0.39, 0.29) is 5.41 Å². The van der Waals surface area contributed by atoms with Gasteiger partial charge in [0.25, 0.3) is 0 Å². The molecule has 114 valence electrons. The molecule has 0 saturated carbocycles. The highest BCUT2D eigenvalue weighted by Crippen LogP contribution is 2.39. The van der Waals surface area contributed by atoms with Crippen LogP contribution in [0.15, 0.2) is 24.3 Å². The summed E-state index contributed by atoms with van der Waals surface area (Å²) in [5.41, 5.74) is 1.05. The Hall–Kier alpha value is -1.55. The van der Waals surface area contributed by atoms with E-state index in [0.717, 1.165) is 56.6 Å². The molecule has 3 rings (SSSR count). The minimum atomic E-state index is -0.0949. The number of likely N-dealkylation sites (tertiary alicyclic amines) is 1. The monoisotopic (exact) mass is 288 g/mol. The van der Waals surface area contributed by atoms with Crippen LogP contribution in [0.5, 0.6) is 5.75 Å². The molecule has 0 unspecified atom stereocenters. The molecule has 0 aliphatic carbocycles. The second-order valence-electron chi connectivity index (χ2n) is 6.21. The number of benzene rings is 1. The lowest BCUT2D eigenvalue weighted by atomic mass is 9.72. The van der Waals surface area contributed by atoms with Crippen LogP contribution in [0, 0.1) is 5.41 Å². The molecule has 0 radical (unpaired) electrons. The zero-order valence-corrected chi connectivity index (χ0v) is 12.7. The summed E-state index contributed by atoms with van der Waals surface area (Å²) in [7, 11) is 1.68. The fourth-order valence-corrected chi connectivity index (χ4v) is 3.66. The summed E-state index contributed by atoms with van der Waals surface area (Å²) in [5, 5.41) is 3.37. The fourth-order valence-electron chi connectivity index (χ4n) is 3.66. The normalized spacial score (nSPS) is 21.6. The molecule has 1 aromatic rings. The summed E-state index contributed by atoms with van der Waals surface area (Å²) in [6, 6.07) is 8.02. The zero-order valence-electron chi connectivity index (χ0n) is 12.7. The van der Waals surface area contributed by atoms with Crippen LogP contribution in [-0.4, -0.2) is 37.6 Å². The molecule has 1 aromatic carbocycles. The summed E-state index contributed by atoms with van der Waals surface area (Å²) < 4.78 is 5.27. The molecule has 4 nitrogen and oxygen atoms in total. The van der Waals surface area contributed by atoms with Crippen molar-refractivity contribution in [1.82, 2.24) is 10.2 Å². The molecule has 1 amide bonds. The van der Waals surface area contributed by atoms with Crippen LogP contribution in [0.4, 0.5) is 0 Å². The van der Waals surface area contributed by atoms with Crippen LogP contribution in [0.25, 0.3) is 0 Å². The second kappa shape index (κ2) is 6.06.